The van der Waals surface area contributed by atoms with Crippen LogP contribution >= 0.6 is 0 Å². The summed E-state index contributed by atoms with van der Waals surface area (Å²) in [7, 11) is 1.74. The van der Waals surface area contributed by atoms with Gasteiger partial charge in [0.15, 0.2) is 5.82 Å². The van der Waals surface area contributed by atoms with Crippen LogP contribution in [0, 0.1) is 6.92 Å². The third-order valence-corrected chi connectivity index (χ3v) is 7.11. The average molecular weight is 581 g/mol. The number of hydrogen-bond acceptors (Lipinski definition) is 9. The van der Waals surface area contributed by atoms with Gasteiger partial charge in [-0.05, 0) is 49.4 Å². The van der Waals surface area contributed by atoms with Crippen molar-refractivity contribution >= 4 is 34.7 Å². The lowest BCUT2D eigenvalue weighted by Gasteiger charge is -2.36. The standard InChI is InChI=1S/C28H31F3N10O/c1-4-39-7-9-40(10-8-39)22-12-19(11-20(13-22)28(29,30)31)26(42)37-21-6-5-18(2)23(14-21)38-27-35-17-36-41(27)25-15-24(32-3)33-16-34-25/h5-6,11-17H,4,7-10H2,1-3H3,(H,37,42)(H,32,33,34)(H,35,36,38). The van der Waals surface area contributed by atoms with Gasteiger partial charge in [0, 0.05) is 61.9 Å². The number of carbonyl (C=O) groups excluding carboxylic acids is 1. The zero-order valence-corrected chi connectivity index (χ0v) is 23.4. The van der Waals surface area contributed by atoms with Crippen LogP contribution in [0.1, 0.15) is 28.4 Å². The molecule has 42 heavy (non-hydrogen) atoms. The van der Waals surface area contributed by atoms with Gasteiger partial charge in [-0.1, -0.05) is 13.0 Å². The van der Waals surface area contributed by atoms with Crippen LogP contribution in [0.3, 0.4) is 0 Å². The smallest absolute Gasteiger partial charge is 0.373 e. The Kier molecular flexibility index (Phi) is 8.24. The fourth-order valence-corrected chi connectivity index (χ4v) is 4.66. The van der Waals surface area contributed by atoms with Gasteiger partial charge in [-0.2, -0.15) is 27.9 Å². The normalized spacial score (nSPS) is 14.1. The van der Waals surface area contributed by atoms with Crippen LogP contribution in [0.25, 0.3) is 5.82 Å². The molecule has 1 aliphatic rings. The number of anilines is 5. The minimum atomic E-state index is -4.59. The number of benzene rings is 2. The van der Waals surface area contributed by atoms with Crippen molar-refractivity contribution in [2.24, 2.45) is 0 Å². The Morgan fingerprint density at radius 2 is 1.76 bits per heavy atom. The first-order valence-corrected chi connectivity index (χ1v) is 13.4. The summed E-state index contributed by atoms with van der Waals surface area (Å²) in [6.07, 6.45) is -1.82. The first-order chi connectivity index (χ1) is 20.1. The molecule has 1 amide bonds. The number of halogens is 3. The van der Waals surface area contributed by atoms with Gasteiger partial charge in [0.2, 0.25) is 5.95 Å². The van der Waals surface area contributed by atoms with E-state index < -0.39 is 17.6 Å². The number of aromatic nitrogens is 5. The van der Waals surface area contributed by atoms with Crippen LogP contribution in [0.5, 0.6) is 0 Å². The number of carbonyl (C=O) groups is 1. The highest BCUT2D eigenvalue weighted by molar-refractivity contribution is 6.05. The highest BCUT2D eigenvalue weighted by Crippen LogP contribution is 2.34. The Hall–Kier alpha value is -4.72. The van der Waals surface area contributed by atoms with Gasteiger partial charge in [0.25, 0.3) is 5.91 Å². The Bertz CT molecular complexity index is 1560. The van der Waals surface area contributed by atoms with Crippen molar-refractivity contribution in [3.05, 3.63) is 71.8 Å². The van der Waals surface area contributed by atoms with E-state index in [1.54, 1.807) is 31.3 Å². The maximum Gasteiger partial charge on any atom is 0.416 e. The third-order valence-electron chi connectivity index (χ3n) is 7.11. The summed E-state index contributed by atoms with van der Waals surface area (Å²) in [6, 6.07) is 10.4. The van der Waals surface area contributed by atoms with Crippen LogP contribution in [0.15, 0.2) is 55.1 Å². The first kappa shape index (κ1) is 28.8. The topological polar surface area (TPSA) is 116 Å². The third kappa shape index (κ3) is 6.43. The molecule has 0 aliphatic carbocycles. The van der Waals surface area contributed by atoms with Crippen LogP contribution in [0.2, 0.25) is 0 Å². The van der Waals surface area contributed by atoms with Crippen LogP contribution in [0.4, 0.5) is 42.0 Å². The number of rotatable bonds is 8. The number of alkyl halides is 3. The predicted molar refractivity (Wildman–Crippen MR) is 155 cm³/mol. The highest BCUT2D eigenvalue weighted by atomic mass is 19.4. The van der Waals surface area contributed by atoms with Gasteiger partial charge >= 0.3 is 6.18 Å². The maximum absolute atomic E-state index is 13.8. The van der Waals surface area contributed by atoms with E-state index in [1.165, 1.54) is 23.4 Å². The number of aryl methyl sites for hydroxylation is 1. The largest absolute Gasteiger partial charge is 0.416 e. The van der Waals surface area contributed by atoms with Crippen molar-refractivity contribution < 1.29 is 18.0 Å². The molecule has 0 radical (unpaired) electrons. The fourth-order valence-electron chi connectivity index (χ4n) is 4.66. The second kappa shape index (κ2) is 12.0. The molecule has 3 N–H and O–H groups in total. The summed E-state index contributed by atoms with van der Waals surface area (Å²) in [5.74, 6) is 0.803. The van der Waals surface area contributed by atoms with Gasteiger partial charge in [0.1, 0.15) is 18.5 Å². The van der Waals surface area contributed by atoms with E-state index in [4.69, 9.17) is 0 Å². The Labute approximate surface area is 240 Å². The van der Waals surface area contributed by atoms with Gasteiger partial charge in [-0.15, -0.1) is 0 Å². The quantitative estimate of drug-likeness (QED) is 0.276. The lowest BCUT2D eigenvalue weighted by atomic mass is 10.1. The van der Waals surface area contributed by atoms with E-state index in [0.717, 1.165) is 37.3 Å². The molecule has 2 aromatic heterocycles. The van der Waals surface area contributed by atoms with E-state index in [1.807, 2.05) is 11.8 Å². The molecule has 0 saturated carbocycles. The van der Waals surface area contributed by atoms with E-state index in [2.05, 4.69) is 47.8 Å². The van der Waals surface area contributed by atoms with Crippen molar-refractivity contribution in [2.45, 2.75) is 20.0 Å². The zero-order valence-electron chi connectivity index (χ0n) is 23.4. The first-order valence-electron chi connectivity index (χ1n) is 13.4. The Morgan fingerprint density at radius 1 is 0.976 bits per heavy atom. The minimum absolute atomic E-state index is 0.0725. The molecule has 220 valence electrons. The molecule has 5 rings (SSSR count). The average Bonchev–Trinajstić information content (AvgIpc) is 3.46. The molecule has 0 atom stereocenters. The Morgan fingerprint density at radius 3 is 2.48 bits per heavy atom. The second-order valence-corrected chi connectivity index (χ2v) is 9.80. The van der Waals surface area contributed by atoms with Crippen molar-refractivity contribution in [3.8, 4) is 5.82 Å². The summed E-state index contributed by atoms with van der Waals surface area (Å²) in [6.45, 7) is 7.46. The van der Waals surface area contributed by atoms with Crippen LogP contribution in [-0.4, -0.2) is 75.3 Å². The highest BCUT2D eigenvalue weighted by Gasteiger charge is 2.33. The number of hydrogen-bond donors (Lipinski definition) is 3. The molecule has 14 heteroatoms. The lowest BCUT2D eigenvalue weighted by molar-refractivity contribution is -0.137. The van der Waals surface area contributed by atoms with E-state index in [0.29, 0.717) is 47.7 Å². The molecule has 3 heterocycles. The van der Waals surface area contributed by atoms with Crippen molar-refractivity contribution in [2.75, 3.05) is 60.6 Å². The molecule has 1 aliphatic heterocycles. The van der Waals surface area contributed by atoms with E-state index >= 15 is 0 Å². The summed E-state index contributed by atoms with van der Waals surface area (Å²) < 4.78 is 42.9. The molecule has 2 aromatic carbocycles. The fraction of sp³-hybridized carbons (Fsp3) is 0.321. The number of nitrogens with one attached hydrogen (secondary N) is 3. The summed E-state index contributed by atoms with van der Waals surface area (Å²) in [5.41, 5.74) is 1.30. The molecule has 0 unspecified atom stereocenters. The van der Waals surface area contributed by atoms with Crippen molar-refractivity contribution in [1.29, 1.82) is 0 Å². The van der Waals surface area contributed by atoms with Crippen LogP contribution in [-0.2, 0) is 6.18 Å². The molecular formula is C28H31F3N10O. The molecule has 0 spiro atoms. The minimum Gasteiger partial charge on any atom is -0.373 e. The van der Waals surface area contributed by atoms with Gasteiger partial charge in [-0.25, -0.2) is 9.97 Å². The van der Waals surface area contributed by atoms with E-state index in [-0.39, 0.29) is 5.56 Å². The maximum atomic E-state index is 13.8. The monoisotopic (exact) mass is 580 g/mol. The molecule has 1 fully saturated rings. The molecule has 4 aromatic rings. The number of piperazine rings is 1. The van der Waals surface area contributed by atoms with Crippen molar-refractivity contribution in [1.82, 2.24) is 29.6 Å². The van der Waals surface area contributed by atoms with Gasteiger partial charge in [-0.3, -0.25) is 4.79 Å². The van der Waals surface area contributed by atoms with Crippen LogP contribution < -0.4 is 20.9 Å². The number of likely N-dealkylation sites (N-methyl/N-ethyl adjacent to an activating group) is 1. The summed E-state index contributed by atoms with van der Waals surface area (Å²) in [4.78, 5) is 30.0. The molecular weight excluding hydrogens is 549 g/mol. The molecule has 1 saturated heterocycles. The summed E-state index contributed by atoms with van der Waals surface area (Å²) in [5, 5.41) is 13.1. The second-order valence-electron chi connectivity index (χ2n) is 9.80. The molecule has 11 nitrogen and oxygen atoms in total. The predicted octanol–water partition coefficient (Wildman–Crippen LogP) is 4.56. The SMILES string of the molecule is CCN1CCN(c2cc(C(=O)Nc3ccc(C)c(Nc4ncnn4-c4cc(NC)ncn4)c3)cc(C(F)(F)F)c2)CC1. The zero-order chi connectivity index (χ0) is 29.9. The van der Waals surface area contributed by atoms with Crippen molar-refractivity contribution in [3.63, 3.8) is 0 Å². The van der Waals surface area contributed by atoms with Gasteiger partial charge in [0.05, 0.1) is 5.56 Å². The number of amides is 1. The number of nitrogens with zero attached hydrogens (tertiary/aromatic N) is 7. The lowest BCUT2D eigenvalue weighted by Crippen LogP contribution is -2.46. The van der Waals surface area contributed by atoms with E-state index in [9.17, 15) is 18.0 Å². The van der Waals surface area contributed by atoms with Gasteiger partial charge < -0.3 is 25.8 Å². The summed E-state index contributed by atoms with van der Waals surface area (Å²) >= 11 is 0. The molecule has 0 bridgehead atoms. The Balaban J connectivity index is 1.38.